The van der Waals surface area contributed by atoms with Gasteiger partial charge in [-0.3, -0.25) is 4.79 Å². The van der Waals surface area contributed by atoms with E-state index in [1.165, 1.54) is 0 Å². The number of hydrogen-bond acceptors (Lipinski definition) is 5. The Labute approximate surface area is 123 Å². The van der Waals surface area contributed by atoms with E-state index in [0.29, 0.717) is 31.2 Å². The predicted molar refractivity (Wildman–Crippen MR) is 83.0 cm³/mol. The van der Waals surface area contributed by atoms with Crippen LogP contribution in [0.5, 0.6) is 0 Å². The van der Waals surface area contributed by atoms with Crippen molar-refractivity contribution in [2.45, 2.75) is 6.92 Å². The van der Waals surface area contributed by atoms with Crippen LogP contribution in [-0.2, 0) is 4.74 Å². The number of hydrogen-bond donors (Lipinski definition) is 2. The Morgan fingerprint density at radius 3 is 2.86 bits per heavy atom. The van der Waals surface area contributed by atoms with Gasteiger partial charge in [0.1, 0.15) is 11.5 Å². The maximum Gasteiger partial charge on any atom is 0.272 e. The number of methoxy groups -OCH3 is 1. The third kappa shape index (κ3) is 3.29. The maximum atomic E-state index is 12.5. The minimum absolute atomic E-state index is 0.128. The molecule has 3 N–H and O–H groups in total. The second-order valence-corrected chi connectivity index (χ2v) is 4.60. The van der Waals surface area contributed by atoms with Gasteiger partial charge in [0.15, 0.2) is 0 Å². The van der Waals surface area contributed by atoms with Gasteiger partial charge in [-0.25, -0.2) is 10.8 Å². The lowest BCUT2D eigenvalue weighted by Crippen LogP contribution is -2.34. The first kappa shape index (κ1) is 15.2. The Hall–Kier alpha value is -2.18. The van der Waals surface area contributed by atoms with Gasteiger partial charge in [-0.2, -0.15) is 0 Å². The van der Waals surface area contributed by atoms with Crippen molar-refractivity contribution in [2.24, 2.45) is 5.84 Å². The molecule has 0 radical (unpaired) electrons. The highest BCUT2D eigenvalue weighted by atomic mass is 16.5. The monoisotopic (exact) mass is 288 g/mol. The predicted octanol–water partition coefficient (Wildman–Crippen LogP) is 1.63. The van der Waals surface area contributed by atoms with E-state index in [9.17, 15) is 4.79 Å². The van der Waals surface area contributed by atoms with E-state index in [2.05, 4.69) is 10.4 Å². The summed E-state index contributed by atoms with van der Waals surface area (Å²) in [7, 11) is 1.61. The van der Waals surface area contributed by atoms with Crippen LogP contribution >= 0.6 is 0 Å². The molecule has 1 amide bonds. The average Bonchev–Trinajstić information content (AvgIpc) is 2.54. The highest BCUT2D eigenvalue weighted by Gasteiger charge is 2.17. The number of nitrogens with zero attached hydrogens (tertiary/aromatic N) is 2. The van der Waals surface area contributed by atoms with E-state index in [0.717, 1.165) is 10.8 Å². The molecule has 1 aromatic heterocycles. The zero-order valence-corrected chi connectivity index (χ0v) is 12.3. The van der Waals surface area contributed by atoms with Crippen LogP contribution in [0.4, 0.5) is 5.82 Å². The lowest BCUT2D eigenvalue weighted by Gasteiger charge is -2.20. The quantitative estimate of drug-likeness (QED) is 0.624. The molecule has 2 rings (SSSR count). The number of fused-ring (bicyclic) bond motifs is 1. The Morgan fingerprint density at radius 2 is 2.19 bits per heavy atom. The average molecular weight is 288 g/mol. The normalized spacial score (nSPS) is 10.6. The minimum atomic E-state index is -0.128. The first-order valence-electron chi connectivity index (χ1n) is 6.85. The molecule has 0 saturated carbocycles. The molecule has 1 aromatic carbocycles. The fourth-order valence-corrected chi connectivity index (χ4v) is 2.19. The van der Waals surface area contributed by atoms with Crippen molar-refractivity contribution in [2.75, 3.05) is 32.2 Å². The number of anilines is 1. The van der Waals surface area contributed by atoms with E-state index in [1.54, 1.807) is 18.1 Å². The van der Waals surface area contributed by atoms with Crippen LogP contribution in [0.15, 0.2) is 30.3 Å². The smallest absolute Gasteiger partial charge is 0.272 e. The SMILES string of the molecule is CCN(CCOC)C(=O)c1cc2ccccc2c(NN)n1. The number of benzene rings is 1. The number of pyridine rings is 1. The first-order chi connectivity index (χ1) is 10.2. The van der Waals surface area contributed by atoms with Crippen molar-refractivity contribution in [1.29, 1.82) is 0 Å². The van der Waals surface area contributed by atoms with Crippen LogP contribution in [0, 0.1) is 0 Å². The number of rotatable bonds is 6. The molecule has 6 heteroatoms. The highest BCUT2D eigenvalue weighted by Crippen LogP contribution is 2.22. The van der Waals surface area contributed by atoms with Crippen LogP contribution in [0.1, 0.15) is 17.4 Å². The Bertz CT molecular complexity index is 630. The summed E-state index contributed by atoms with van der Waals surface area (Å²) in [5.74, 6) is 5.89. The van der Waals surface area contributed by atoms with Crippen molar-refractivity contribution in [1.82, 2.24) is 9.88 Å². The molecule has 0 unspecified atom stereocenters. The number of hydrazine groups is 1. The Kier molecular flexibility index (Phi) is 5.08. The summed E-state index contributed by atoms with van der Waals surface area (Å²) in [4.78, 5) is 18.6. The number of nitrogens with two attached hydrogens (primary N) is 1. The molecular weight excluding hydrogens is 268 g/mol. The van der Waals surface area contributed by atoms with Crippen LogP contribution in [0.2, 0.25) is 0 Å². The number of nitrogen functional groups attached to an aromatic ring is 1. The molecule has 0 aliphatic rings. The highest BCUT2D eigenvalue weighted by molar-refractivity contribution is 6.00. The molecule has 0 aliphatic carbocycles. The lowest BCUT2D eigenvalue weighted by atomic mass is 10.1. The van der Waals surface area contributed by atoms with Crippen molar-refractivity contribution in [3.63, 3.8) is 0 Å². The van der Waals surface area contributed by atoms with E-state index >= 15 is 0 Å². The van der Waals surface area contributed by atoms with E-state index in [4.69, 9.17) is 10.6 Å². The third-order valence-electron chi connectivity index (χ3n) is 3.33. The topological polar surface area (TPSA) is 80.5 Å². The number of ether oxygens (including phenoxy) is 1. The zero-order valence-electron chi connectivity index (χ0n) is 12.3. The number of aromatic nitrogens is 1. The van der Waals surface area contributed by atoms with E-state index in [1.807, 2.05) is 31.2 Å². The van der Waals surface area contributed by atoms with Crippen molar-refractivity contribution in [3.05, 3.63) is 36.0 Å². The Balaban J connectivity index is 2.38. The van der Waals surface area contributed by atoms with Gasteiger partial charge in [0.25, 0.3) is 5.91 Å². The van der Waals surface area contributed by atoms with Crippen molar-refractivity contribution < 1.29 is 9.53 Å². The fourth-order valence-electron chi connectivity index (χ4n) is 2.19. The molecule has 112 valence electrons. The maximum absolute atomic E-state index is 12.5. The summed E-state index contributed by atoms with van der Waals surface area (Å²) < 4.78 is 5.03. The summed E-state index contributed by atoms with van der Waals surface area (Å²) in [6.07, 6.45) is 0. The number of carbonyl (C=O) groups excluding carboxylic acids is 1. The number of nitrogens with one attached hydrogen (secondary N) is 1. The van der Waals surface area contributed by atoms with Crippen LogP contribution in [0.25, 0.3) is 10.8 Å². The van der Waals surface area contributed by atoms with Gasteiger partial charge in [0, 0.05) is 25.6 Å². The van der Waals surface area contributed by atoms with Gasteiger partial charge in [-0.05, 0) is 18.4 Å². The van der Waals surface area contributed by atoms with Crippen molar-refractivity contribution in [3.8, 4) is 0 Å². The second-order valence-electron chi connectivity index (χ2n) is 4.60. The van der Waals surface area contributed by atoms with Gasteiger partial charge in [0.05, 0.1) is 6.61 Å². The summed E-state index contributed by atoms with van der Waals surface area (Å²) in [6, 6.07) is 9.45. The van der Waals surface area contributed by atoms with E-state index in [-0.39, 0.29) is 5.91 Å². The largest absolute Gasteiger partial charge is 0.383 e. The molecule has 21 heavy (non-hydrogen) atoms. The number of amides is 1. The second kappa shape index (κ2) is 7.01. The summed E-state index contributed by atoms with van der Waals surface area (Å²) in [6.45, 7) is 3.56. The van der Waals surface area contributed by atoms with Crippen LogP contribution in [0.3, 0.4) is 0 Å². The first-order valence-corrected chi connectivity index (χ1v) is 6.85. The summed E-state index contributed by atoms with van der Waals surface area (Å²) in [5, 5.41) is 1.81. The molecule has 6 nitrogen and oxygen atoms in total. The fraction of sp³-hybridized carbons (Fsp3) is 0.333. The lowest BCUT2D eigenvalue weighted by molar-refractivity contribution is 0.0701. The minimum Gasteiger partial charge on any atom is -0.383 e. The summed E-state index contributed by atoms with van der Waals surface area (Å²) >= 11 is 0. The summed E-state index contributed by atoms with van der Waals surface area (Å²) in [5.41, 5.74) is 2.93. The molecular formula is C15H20N4O2. The third-order valence-corrected chi connectivity index (χ3v) is 3.33. The molecule has 1 heterocycles. The molecule has 0 fully saturated rings. The van der Waals surface area contributed by atoms with Crippen LogP contribution < -0.4 is 11.3 Å². The Morgan fingerprint density at radius 1 is 1.43 bits per heavy atom. The number of carbonyl (C=O) groups is 1. The molecule has 0 spiro atoms. The molecule has 0 saturated heterocycles. The molecule has 0 aliphatic heterocycles. The standard InChI is InChI=1S/C15H20N4O2/c1-3-19(8-9-21-2)15(20)13-10-11-6-4-5-7-12(11)14(17-13)18-16/h4-7,10H,3,8-9,16H2,1-2H3,(H,17,18). The zero-order chi connectivity index (χ0) is 15.2. The molecule has 2 aromatic rings. The van der Waals surface area contributed by atoms with Gasteiger partial charge >= 0.3 is 0 Å². The van der Waals surface area contributed by atoms with Crippen molar-refractivity contribution >= 4 is 22.5 Å². The van der Waals surface area contributed by atoms with Crippen LogP contribution in [-0.4, -0.2) is 42.6 Å². The number of likely N-dealkylation sites (N-methyl/N-ethyl adjacent to an activating group) is 1. The van der Waals surface area contributed by atoms with Gasteiger partial charge in [-0.1, -0.05) is 24.3 Å². The molecule has 0 atom stereocenters. The van der Waals surface area contributed by atoms with Gasteiger partial charge < -0.3 is 15.1 Å². The van der Waals surface area contributed by atoms with E-state index < -0.39 is 0 Å². The van der Waals surface area contributed by atoms with Gasteiger partial charge in [0.2, 0.25) is 0 Å². The molecule has 0 bridgehead atoms. The van der Waals surface area contributed by atoms with Gasteiger partial charge in [-0.15, -0.1) is 0 Å².